The highest BCUT2D eigenvalue weighted by atomic mass is 32.2. The largest absolute Gasteiger partial charge is 0.357 e. The third-order valence-electron chi connectivity index (χ3n) is 4.46. The second-order valence-corrected chi connectivity index (χ2v) is 10.3. The number of hydrogen-bond acceptors (Lipinski definition) is 3. The molecule has 1 saturated carbocycles. The van der Waals surface area contributed by atoms with Crippen molar-refractivity contribution in [2.75, 3.05) is 25.4 Å². The standard InChI is InChI=1S/C17H35N3O2S/c1-5-18-16(19-12-8-11-15-9-6-7-10-15)20-13-14-23(21,22)17(2,3)4/h15H,5-14H2,1-4H3,(H2,18,19,20). The summed E-state index contributed by atoms with van der Waals surface area (Å²) in [5.41, 5.74) is 0. The lowest BCUT2D eigenvalue weighted by Crippen LogP contribution is -2.41. The van der Waals surface area contributed by atoms with Gasteiger partial charge in [0, 0.05) is 19.6 Å². The number of guanidine groups is 1. The number of aliphatic imine (C=N–C) groups is 1. The second-order valence-electron chi connectivity index (χ2n) is 7.41. The monoisotopic (exact) mass is 345 g/mol. The number of nitrogens with one attached hydrogen (secondary N) is 2. The first-order valence-electron chi connectivity index (χ1n) is 9.00. The number of hydrogen-bond donors (Lipinski definition) is 2. The van der Waals surface area contributed by atoms with E-state index in [0.717, 1.165) is 31.4 Å². The van der Waals surface area contributed by atoms with Gasteiger partial charge in [0.2, 0.25) is 0 Å². The molecule has 0 aliphatic heterocycles. The minimum absolute atomic E-state index is 0.128. The summed E-state index contributed by atoms with van der Waals surface area (Å²) in [6.45, 7) is 9.22. The summed E-state index contributed by atoms with van der Waals surface area (Å²) in [5, 5.41) is 6.32. The molecular weight excluding hydrogens is 310 g/mol. The SMILES string of the molecule is CCNC(=NCCCC1CCCC1)NCCS(=O)(=O)C(C)(C)C. The van der Waals surface area contributed by atoms with Gasteiger partial charge in [0.1, 0.15) is 0 Å². The predicted octanol–water partition coefficient (Wildman–Crippen LogP) is 2.73. The molecule has 0 atom stereocenters. The Kier molecular flexibility index (Phi) is 8.37. The zero-order chi connectivity index (χ0) is 17.3. The van der Waals surface area contributed by atoms with Gasteiger partial charge in [-0.2, -0.15) is 0 Å². The molecule has 23 heavy (non-hydrogen) atoms. The van der Waals surface area contributed by atoms with Gasteiger partial charge >= 0.3 is 0 Å². The molecule has 0 spiro atoms. The van der Waals surface area contributed by atoms with E-state index in [4.69, 9.17) is 0 Å². The lowest BCUT2D eigenvalue weighted by molar-refractivity contribution is 0.487. The van der Waals surface area contributed by atoms with Crippen LogP contribution in [0.15, 0.2) is 4.99 Å². The van der Waals surface area contributed by atoms with Crippen LogP contribution in [0, 0.1) is 5.92 Å². The molecule has 0 saturated heterocycles. The Morgan fingerprint density at radius 3 is 2.39 bits per heavy atom. The van der Waals surface area contributed by atoms with Gasteiger partial charge in [-0.1, -0.05) is 25.7 Å². The normalized spacial score (nSPS) is 17.5. The molecule has 1 aliphatic rings. The molecule has 1 aliphatic carbocycles. The van der Waals surface area contributed by atoms with E-state index >= 15 is 0 Å². The molecule has 6 heteroatoms. The van der Waals surface area contributed by atoms with Crippen LogP contribution in [0.4, 0.5) is 0 Å². The lowest BCUT2D eigenvalue weighted by Gasteiger charge is -2.19. The van der Waals surface area contributed by atoms with Gasteiger partial charge in [0.05, 0.1) is 10.5 Å². The fourth-order valence-electron chi connectivity index (χ4n) is 2.82. The fraction of sp³-hybridized carbons (Fsp3) is 0.941. The molecule has 2 N–H and O–H groups in total. The highest BCUT2D eigenvalue weighted by Gasteiger charge is 2.28. The summed E-state index contributed by atoms with van der Waals surface area (Å²) < 4.78 is 23.5. The van der Waals surface area contributed by atoms with Gasteiger partial charge in [-0.25, -0.2) is 8.42 Å². The minimum Gasteiger partial charge on any atom is -0.357 e. The van der Waals surface area contributed by atoms with Crippen LogP contribution in [-0.4, -0.2) is 44.5 Å². The third kappa shape index (κ3) is 7.55. The van der Waals surface area contributed by atoms with Gasteiger partial charge in [-0.15, -0.1) is 0 Å². The van der Waals surface area contributed by atoms with Crippen molar-refractivity contribution in [1.29, 1.82) is 0 Å². The van der Waals surface area contributed by atoms with Gasteiger partial charge in [0.15, 0.2) is 15.8 Å². The van der Waals surface area contributed by atoms with Crippen molar-refractivity contribution in [3.05, 3.63) is 0 Å². The highest BCUT2D eigenvalue weighted by Crippen LogP contribution is 2.28. The molecule has 1 rings (SSSR count). The average molecular weight is 346 g/mol. The second kappa shape index (κ2) is 9.50. The van der Waals surface area contributed by atoms with E-state index in [-0.39, 0.29) is 5.75 Å². The van der Waals surface area contributed by atoms with Gasteiger partial charge in [-0.05, 0) is 46.5 Å². The van der Waals surface area contributed by atoms with Crippen LogP contribution < -0.4 is 10.6 Å². The average Bonchev–Trinajstić information content (AvgIpc) is 2.95. The molecule has 0 heterocycles. The first-order chi connectivity index (χ1) is 10.8. The van der Waals surface area contributed by atoms with E-state index in [0.29, 0.717) is 6.54 Å². The third-order valence-corrected chi connectivity index (χ3v) is 7.06. The molecule has 0 unspecified atom stereocenters. The molecule has 0 radical (unpaired) electrons. The molecule has 0 aromatic carbocycles. The van der Waals surface area contributed by atoms with Crippen molar-refractivity contribution in [2.45, 2.75) is 71.0 Å². The summed E-state index contributed by atoms with van der Waals surface area (Å²) in [5.74, 6) is 1.75. The van der Waals surface area contributed by atoms with Crippen LogP contribution in [0.3, 0.4) is 0 Å². The van der Waals surface area contributed by atoms with Crippen LogP contribution in [0.5, 0.6) is 0 Å². The minimum atomic E-state index is -3.09. The zero-order valence-corrected chi connectivity index (χ0v) is 16.1. The quantitative estimate of drug-likeness (QED) is 0.403. The summed E-state index contributed by atoms with van der Waals surface area (Å²) >= 11 is 0. The van der Waals surface area contributed by atoms with E-state index in [9.17, 15) is 8.42 Å². The Bertz CT molecular complexity index is 461. The molecule has 5 nitrogen and oxygen atoms in total. The summed E-state index contributed by atoms with van der Waals surface area (Å²) in [4.78, 5) is 4.56. The van der Waals surface area contributed by atoms with Crippen LogP contribution in [0.2, 0.25) is 0 Å². The Hall–Kier alpha value is -0.780. The molecule has 0 amide bonds. The van der Waals surface area contributed by atoms with Crippen LogP contribution in [0.25, 0.3) is 0 Å². The van der Waals surface area contributed by atoms with Crippen LogP contribution >= 0.6 is 0 Å². The summed E-state index contributed by atoms with van der Waals surface area (Å²) in [6.07, 6.45) is 7.92. The van der Waals surface area contributed by atoms with Crippen LogP contribution in [0.1, 0.15) is 66.2 Å². The summed E-state index contributed by atoms with van der Waals surface area (Å²) in [7, 11) is -3.09. The van der Waals surface area contributed by atoms with Crippen molar-refractivity contribution < 1.29 is 8.42 Å². The van der Waals surface area contributed by atoms with E-state index < -0.39 is 14.6 Å². The van der Waals surface area contributed by atoms with E-state index in [1.165, 1.54) is 32.1 Å². The molecular formula is C17H35N3O2S. The van der Waals surface area contributed by atoms with Gasteiger partial charge in [0.25, 0.3) is 0 Å². The van der Waals surface area contributed by atoms with Gasteiger partial charge in [-0.3, -0.25) is 4.99 Å². The lowest BCUT2D eigenvalue weighted by atomic mass is 10.0. The zero-order valence-electron chi connectivity index (χ0n) is 15.3. The van der Waals surface area contributed by atoms with E-state index in [1.807, 2.05) is 6.92 Å². The Morgan fingerprint density at radius 1 is 1.17 bits per heavy atom. The fourth-order valence-corrected chi connectivity index (χ4v) is 3.80. The number of nitrogens with zero attached hydrogens (tertiary/aromatic N) is 1. The highest BCUT2D eigenvalue weighted by molar-refractivity contribution is 7.92. The topological polar surface area (TPSA) is 70.6 Å². The Morgan fingerprint density at radius 2 is 1.83 bits per heavy atom. The number of sulfone groups is 1. The molecule has 136 valence electrons. The van der Waals surface area contributed by atoms with Crippen LogP contribution in [-0.2, 0) is 9.84 Å². The van der Waals surface area contributed by atoms with E-state index in [2.05, 4.69) is 15.6 Å². The summed E-state index contributed by atoms with van der Waals surface area (Å²) in [6, 6.07) is 0. The maximum Gasteiger partial charge on any atom is 0.191 e. The molecule has 0 bridgehead atoms. The van der Waals surface area contributed by atoms with Crippen molar-refractivity contribution in [1.82, 2.24) is 10.6 Å². The van der Waals surface area contributed by atoms with Gasteiger partial charge < -0.3 is 10.6 Å². The van der Waals surface area contributed by atoms with Crippen molar-refractivity contribution in [3.63, 3.8) is 0 Å². The Balaban J connectivity index is 2.34. The van der Waals surface area contributed by atoms with Crippen molar-refractivity contribution in [3.8, 4) is 0 Å². The van der Waals surface area contributed by atoms with Crippen molar-refractivity contribution >= 4 is 15.8 Å². The molecule has 0 aromatic heterocycles. The maximum absolute atomic E-state index is 12.1. The number of rotatable bonds is 8. The predicted molar refractivity (Wildman–Crippen MR) is 98.7 cm³/mol. The Labute approximate surface area is 142 Å². The first-order valence-corrected chi connectivity index (χ1v) is 10.7. The van der Waals surface area contributed by atoms with Crippen molar-refractivity contribution in [2.24, 2.45) is 10.9 Å². The molecule has 0 aromatic rings. The smallest absolute Gasteiger partial charge is 0.191 e. The first kappa shape index (κ1) is 20.3. The molecule has 1 fully saturated rings. The maximum atomic E-state index is 12.1. The van der Waals surface area contributed by atoms with E-state index in [1.54, 1.807) is 20.8 Å².